The number of carbonyl (C=O) groups is 2. The fraction of sp³-hybridized carbons (Fsp3) is 0.312. The number of hydrogen-bond acceptors (Lipinski definition) is 3. The van der Waals surface area contributed by atoms with Crippen molar-refractivity contribution in [3.05, 3.63) is 48.3 Å². The van der Waals surface area contributed by atoms with Crippen LogP contribution in [0.25, 0.3) is 5.69 Å². The van der Waals surface area contributed by atoms with Crippen LogP contribution in [0, 0.1) is 5.92 Å². The Morgan fingerprint density at radius 2 is 1.90 bits per heavy atom. The van der Waals surface area contributed by atoms with Crippen molar-refractivity contribution in [3.8, 4) is 5.69 Å². The fourth-order valence-corrected chi connectivity index (χ4v) is 2.60. The van der Waals surface area contributed by atoms with Gasteiger partial charge in [-0.1, -0.05) is 0 Å². The monoisotopic (exact) mass is 283 g/mol. The molecular formula is C16H17N3O2. The van der Waals surface area contributed by atoms with E-state index in [0.29, 0.717) is 18.7 Å². The number of nitrogens with zero attached hydrogens (tertiary/aromatic N) is 3. The van der Waals surface area contributed by atoms with E-state index in [1.165, 1.54) is 0 Å². The Morgan fingerprint density at radius 3 is 2.48 bits per heavy atom. The summed E-state index contributed by atoms with van der Waals surface area (Å²) in [5, 5.41) is 4.16. The Balaban J connectivity index is 1.69. The molecule has 0 bridgehead atoms. The van der Waals surface area contributed by atoms with Crippen LogP contribution in [0.2, 0.25) is 0 Å². The zero-order valence-electron chi connectivity index (χ0n) is 11.7. The molecule has 1 saturated heterocycles. The van der Waals surface area contributed by atoms with Gasteiger partial charge in [0.2, 0.25) is 0 Å². The van der Waals surface area contributed by atoms with Gasteiger partial charge in [0.05, 0.1) is 5.69 Å². The van der Waals surface area contributed by atoms with Crippen molar-refractivity contribution in [2.45, 2.75) is 12.8 Å². The summed E-state index contributed by atoms with van der Waals surface area (Å²) in [7, 11) is 0. The zero-order valence-corrected chi connectivity index (χ0v) is 11.7. The van der Waals surface area contributed by atoms with Crippen LogP contribution in [0.4, 0.5) is 0 Å². The average molecular weight is 283 g/mol. The molecule has 0 N–H and O–H groups in total. The lowest BCUT2D eigenvalue weighted by molar-refractivity contribution is -0.112. The van der Waals surface area contributed by atoms with Crippen molar-refractivity contribution in [1.29, 1.82) is 0 Å². The number of carbonyl (C=O) groups excluding carboxylic acids is 2. The van der Waals surface area contributed by atoms with E-state index in [1.54, 1.807) is 10.9 Å². The number of benzene rings is 1. The van der Waals surface area contributed by atoms with Gasteiger partial charge in [-0.15, -0.1) is 0 Å². The second-order valence-corrected chi connectivity index (χ2v) is 5.26. The molecule has 0 aliphatic carbocycles. The minimum Gasteiger partial charge on any atom is -0.339 e. The number of aromatic nitrogens is 2. The minimum atomic E-state index is 0.0337. The molecule has 0 atom stereocenters. The highest BCUT2D eigenvalue weighted by Crippen LogP contribution is 2.18. The van der Waals surface area contributed by atoms with E-state index in [9.17, 15) is 9.59 Å². The van der Waals surface area contributed by atoms with Gasteiger partial charge in [0.1, 0.15) is 6.29 Å². The van der Waals surface area contributed by atoms with Gasteiger partial charge in [-0.3, -0.25) is 4.79 Å². The Hall–Kier alpha value is -2.43. The average Bonchev–Trinajstić information content (AvgIpc) is 3.09. The highest BCUT2D eigenvalue weighted by Gasteiger charge is 2.23. The summed E-state index contributed by atoms with van der Waals surface area (Å²) in [6.07, 6.45) is 6.11. The van der Waals surface area contributed by atoms with E-state index in [4.69, 9.17) is 0 Å². The van der Waals surface area contributed by atoms with E-state index in [2.05, 4.69) is 5.10 Å². The summed E-state index contributed by atoms with van der Waals surface area (Å²) < 4.78 is 1.75. The molecule has 0 radical (unpaired) electrons. The highest BCUT2D eigenvalue weighted by atomic mass is 16.2. The molecule has 5 nitrogen and oxygen atoms in total. The van der Waals surface area contributed by atoms with E-state index in [1.807, 2.05) is 41.4 Å². The molecule has 1 fully saturated rings. The Morgan fingerprint density at radius 1 is 1.19 bits per heavy atom. The first-order valence-electron chi connectivity index (χ1n) is 7.12. The van der Waals surface area contributed by atoms with Gasteiger partial charge in [-0.2, -0.15) is 5.10 Å². The van der Waals surface area contributed by atoms with Gasteiger partial charge in [0.15, 0.2) is 0 Å². The normalized spacial score (nSPS) is 15.9. The molecule has 1 aromatic heterocycles. The molecule has 5 heteroatoms. The molecular weight excluding hydrogens is 266 g/mol. The standard InChI is InChI=1S/C16H17N3O2/c20-12-13-6-10-18(11-7-13)16(21)14-2-4-15(5-3-14)19-9-1-8-17-19/h1-5,8-9,12-13H,6-7,10-11H2. The number of piperidine rings is 1. The first-order chi connectivity index (χ1) is 10.3. The maximum Gasteiger partial charge on any atom is 0.253 e. The van der Waals surface area contributed by atoms with Crippen molar-refractivity contribution < 1.29 is 9.59 Å². The van der Waals surface area contributed by atoms with Crippen LogP contribution in [-0.2, 0) is 4.79 Å². The predicted molar refractivity (Wildman–Crippen MR) is 78.3 cm³/mol. The summed E-state index contributed by atoms with van der Waals surface area (Å²) in [5.74, 6) is 0.141. The second-order valence-electron chi connectivity index (χ2n) is 5.26. The van der Waals surface area contributed by atoms with E-state index < -0.39 is 0 Å². The lowest BCUT2D eigenvalue weighted by atomic mass is 9.98. The van der Waals surface area contributed by atoms with E-state index in [0.717, 1.165) is 24.8 Å². The molecule has 0 spiro atoms. The quantitative estimate of drug-likeness (QED) is 0.809. The number of likely N-dealkylation sites (tertiary alicyclic amines) is 1. The molecule has 0 saturated carbocycles. The number of aldehydes is 1. The third kappa shape index (κ3) is 2.86. The van der Waals surface area contributed by atoms with Gasteiger partial charge >= 0.3 is 0 Å². The predicted octanol–water partition coefficient (Wildman–Crippen LogP) is 1.92. The fourth-order valence-electron chi connectivity index (χ4n) is 2.60. The van der Waals surface area contributed by atoms with Crippen LogP contribution < -0.4 is 0 Å². The van der Waals surface area contributed by atoms with Crippen molar-refractivity contribution in [2.75, 3.05) is 13.1 Å². The SMILES string of the molecule is O=CC1CCN(C(=O)c2ccc(-n3cccn3)cc2)CC1. The first kappa shape index (κ1) is 13.5. The van der Waals surface area contributed by atoms with Gasteiger partial charge in [0, 0.05) is 37.0 Å². The molecule has 0 unspecified atom stereocenters. The van der Waals surface area contributed by atoms with Crippen LogP contribution in [0.5, 0.6) is 0 Å². The molecule has 1 aliphatic rings. The van der Waals surface area contributed by atoms with Crippen LogP contribution in [0.3, 0.4) is 0 Å². The Kier molecular flexibility index (Phi) is 3.81. The second kappa shape index (κ2) is 5.91. The number of amides is 1. The Bertz CT molecular complexity index is 611. The van der Waals surface area contributed by atoms with Crippen molar-refractivity contribution in [2.24, 2.45) is 5.92 Å². The molecule has 3 rings (SSSR count). The molecule has 1 aliphatic heterocycles. The first-order valence-corrected chi connectivity index (χ1v) is 7.12. The Labute approximate surface area is 123 Å². The van der Waals surface area contributed by atoms with Crippen molar-refractivity contribution >= 4 is 12.2 Å². The largest absolute Gasteiger partial charge is 0.339 e. The summed E-state index contributed by atoms with van der Waals surface area (Å²) in [5.41, 5.74) is 1.60. The highest BCUT2D eigenvalue weighted by molar-refractivity contribution is 5.94. The number of rotatable bonds is 3. The van der Waals surface area contributed by atoms with E-state index >= 15 is 0 Å². The lowest BCUT2D eigenvalue weighted by Gasteiger charge is -2.29. The maximum absolute atomic E-state index is 12.4. The molecule has 21 heavy (non-hydrogen) atoms. The van der Waals surface area contributed by atoms with Crippen LogP contribution in [0.1, 0.15) is 23.2 Å². The smallest absolute Gasteiger partial charge is 0.253 e. The maximum atomic E-state index is 12.4. The summed E-state index contributed by atoms with van der Waals surface area (Å²) in [4.78, 5) is 25.0. The minimum absolute atomic E-state index is 0.0337. The van der Waals surface area contributed by atoms with E-state index in [-0.39, 0.29) is 11.8 Å². The summed E-state index contributed by atoms with van der Waals surface area (Å²) in [6.45, 7) is 1.31. The summed E-state index contributed by atoms with van der Waals surface area (Å²) in [6, 6.07) is 9.28. The van der Waals surface area contributed by atoms with Gasteiger partial charge < -0.3 is 9.69 Å². The third-order valence-corrected chi connectivity index (χ3v) is 3.90. The van der Waals surface area contributed by atoms with Crippen LogP contribution >= 0.6 is 0 Å². The molecule has 2 heterocycles. The molecule has 2 aromatic rings. The molecule has 1 amide bonds. The molecule has 1 aromatic carbocycles. The lowest BCUT2D eigenvalue weighted by Crippen LogP contribution is -2.38. The van der Waals surface area contributed by atoms with Crippen LogP contribution in [-0.4, -0.2) is 40.0 Å². The van der Waals surface area contributed by atoms with Crippen molar-refractivity contribution in [1.82, 2.24) is 14.7 Å². The summed E-state index contributed by atoms with van der Waals surface area (Å²) >= 11 is 0. The van der Waals surface area contributed by atoms with Crippen LogP contribution in [0.15, 0.2) is 42.7 Å². The molecule has 108 valence electrons. The number of hydrogen-bond donors (Lipinski definition) is 0. The zero-order chi connectivity index (χ0) is 14.7. The van der Waals surface area contributed by atoms with Crippen molar-refractivity contribution in [3.63, 3.8) is 0 Å². The van der Waals surface area contributed by atoms with Gasteiger partial charge in [-0.25, -0.2) is 4.68 Å². The third-order valence-electron chi connectivity index (χ3n) is 3.90. The van der Waals surface area contributed by atoms with Gasteiger partial charge in [-0.05, 0) is 43.2 Å². The van der Waals surface area contributed by atoms with Gasteiger partial charge in [0.25, 0.3) is 5.91 Å². The topological polar surface area (TPSA) is 55.2 Å².